The van der Waals surface area contributed by atoms with Crippen molar-refractivity contribution in [2.24, 2.45) is 5.41 Å². The number of hydrogen-bond donors (Lipinski definition) is 1. The molecule has 0 saturated carbocycles. The molecule has 0 aromatic heterocycles. The molecule has 1 N–H and O–H groups in total. The molecule has 0 bridgehead atoms. The minimum atomic E-state index is -0.143. The van der Waals surface area contributed by atoms with E-state index in [1.807, 2.05) is 0 Å². The first-order valence-corrected chi connectivity index (χ1v) is 7.92. The Bertz CT molecular complexity index is 466. The number of benzene rings is 1. The summed E-state index contributed by atoms with van der Waals surface area (Å²) in [5.74, 6) is -0.143. The zero-order valence-corrected chi connectivity index (χ0v) is 12.6. The summed E-state index contributed by atoms with van der Waals surface area (Å²) in [6.45, 7) is 5.07. The number of rotatable bonds is 2. The van der Waals surface area contributed by atoms with E-state index in [4.69, 9.17) is 11.6 Å². The lowest BCUT2D eigenvalue weighted by atomic mass is 9.74. The fraction of sp³-hybridized carbons (Fsp3) is 0.625. The number of likely N-dealkylation sites (tertiary alicyclic amines) is 1. The van der Waals surface area contributed by atoms with Crippen LogP contribution >= 0.6 is 11.6 Å². The Kier molecular flexibility index (Phi) is 4.29. The Hall–Kier alpha value is -0.640. The molecule has 20 heavy (non-hydrogen) atoms. The van der Waals surface area contributed by atoms with E-state index in [1.54, 1.807) is 12.1 Å². The van der Waals surface area contributed by atoms with Crippen LogP contribution in [0, 0.1) is 11.2 Å². The van der Waals surface area contributed by atoms with E-state index in [0.717, 1.165) is 31.7 Å². The van der Waals surface area contributed by atoms with Crippen molar-refractivity contribution in [2.75, 3.05) is 26.2 Å². The van der Waals surface area contributed by atoms with Crippen LogP contribution < -0.4 is 5.32 Å². The molecule has 110 valence electrons. The van der Waals surface area contributed by atoms with Gasteiger partial charge in [0.05, 0.1) is 0 Å². The normalized spacial score (nSPS) is 27.9. The first-order chi connectivity index (χ1) is 9.67. The molecule has 0 radical (unpaired) electrons. The van der Waals surface area contributed by atoms with Gasteiger partial charge in [-0.25, -0.2) is 4.39 Å². The number of hydrogen-bond acceptors (Lipinski definition) is 2. The van der Waals surface area contributed by atoms with Gasteiger partial charge in [0.25, 0.3) is 0 Å². The largest absolute Gasteiger partial charge is 0.316 e. The molecule has 1 aromatic carbocycles. The second kappa shape index (κ2) is 6.00. The van der Waals surface area contributed by atoms with E-state index in [9.17, 15) is 4.39 Å². The maximum atomic E-state index is 13.9. The standard InChI is InChI=1S/C16H22ClFN2/c17-14-3-4-15(18)13(9-14)10-20-8-2-6-16(12-20)5-1-7-19-11-16/h3-4,9,19H,1-2,5-8,10-12H2. The SMILES string of the molecule is Fc1ccc(Cl)cc1CN1CCCC2(CCCNC2)C1. The summed E-state index contributed by atoms with van der Waals surface area (Å²) in [6.07, 6.45) is 5.08. The zero-order chi connectivity index (χ0) is 14.0. The van der Waals surface area contributed by atoms with Crippen LogP contribution in [-0.2, 0) is 6.54 Å². The third-order valence-electron chi connectivity index (χ3n) is 4.70. The van der Waals surface area contributed by atoms with Crippen molar-refractivity contribution in [3.05, 3.63) is 34.6 Å². The predicted molar refractivity (Wildman–Crippen MR) is 80.5 cm³/mol. The van der Waals surface area contributed by atoms with Crippen molar-refractivity contribution in [1.82, 2.24) is 10.2 Å². The predicted octanol–water partition coefficient (Wildman–Crippen LogP) is 3.44. The smallest absolute Gasteiger partial charge is 0.127 e. The van der Waals surface area contributed by atoms with Crippen LogP contribution in [0.15, 0.2) is 18.2 Å². The second-order valence-electron chi connectivity index (χ2n) is 6.33. The number of halogens is 2. The van der Waals surface area contributed by atoms with Crippen LogP contribution in [0.2, 0.25) is 5.02 Å². The first-order valence-electron chi connectivity index (χ1n) is 7.54. The molecule has 0 aliphatic carbocycles. The Morgan fingerprint density at radius 2 is 2.15 bits per heavy atom. The molecule has 2 aliphatic heterocycles. The summed E-state index contributed by atoms with van der Waals surface area (Å²) in [5.41, 5.74) is 1.13. The maximum absolute atomic E-state index is 13.9. The highest BCUT2D eigenvalue weighted by atomic mass is 35.5. The average molecular weight is 297 g/mol. The molecule has 3 rings (SSSR count). The Labute approximate surface area is 125 Å². The summed E-state index contributed by atoms with van der Waals surface area (Å²) in [5, 5.41) is 4.15. The molecular weight excluding hydrogens is 275 g/mol. The summed E-state index contributed by atoms with van der Waals surface area (Å²) < 4.78 is 13.9. The summed E-state index contributed by atoms with van der Waals surface area (Å²) in [7, 11) is 0. The van der Waals surface area contributed by atoms with E-state index >= 15 is 0 Å². The second-order valence-corrected chi connectivity index (χ2v) is 6.77. The van der Waals surface area contributed by atoms with Crippen LogP contribution in [0.25, 0.3) is 0 Å². The van der Waals surface area contributed by atoms with Crippen LogP contribution in [0.1, 0.15) is 31.2 Å². The minimum Gasteiger partial charge on any atom is -0.316 e. The third-order valence-corrected chi connectivity index (χ3v) is 4.94. The van der Waals surface area contributed by atoms with Gasteiger partial charge >= 0.3 is 0 Å². The average Bonchev–Trinajstić information content (AvgIpc) is 2.44. The van der Waals surface area contributed by atoms with Gasteiger partial charge in [-0.15, -0.1) is 0 Å². The molecule has 2 fully saturated rings. The molecule has 2 aliphatic rings. The van der Waals surface area contributed by atoms with Crippen LogP contribution in [0.5, 0.6) is 0 Å². The lowest BCUT2D eigenvalue weighted by molar-refractivity contribution is 0.0594. The summed E-state index contributed by atoms with van der Waals surface area (Å²) >= 11 is 5.98. The van der Waals surface area contributed by atoms with Crippen molar-refractivity contribution in [3.8, 4) is 0 Å². The summed E-state index contributed by atoms with van der Waals surface area (Å²) in [4.78, 5) is 2.39. The molecule has 1 aromatic rings. The molecule has 0 amide bonds. The molecule has 1 unspecified atom stereocenters. The van der Waals surface area contributed by atoms with Gasteiger partial charge in [0.1, 0.15) is 5.82 Å². The van der Waals surface area contributed by atoms with Gasteiger partial charge in [-0.05, 0) is 62.4 Å². The minimum absolute atomic E-state index is 0.143. The monoisotopic (exact) mass is 296 g/mol. The highest BCUT2D eigenvalue weighted by Gasteiger charge is 2.36. The van der Waals surface area contributed by atoms with Crippen molar-refractivity contribution in [2.45, 2.75) is 32.2 Å². The van der Waals surface area contributed by atoms with Gasteiger partial charge in [-0.2, -0.15) is 0 Å². The Balaban J connectivity index is 1.69. The van der Waals surface area contributed by atoms with Gasteiger partial charge in [0.15, 0.2) is 0 Å². The molecule has 2 heterocycles. The van der Waals surface area contributed by atoms with Crippen LogP contribution in [-0.4, -0.2) is 31.1 Å². The lowest BCUT2D eigenvalue weighted by Crippen LogP contribution is -2.50. The van der Waals surface area contributed by atoms with E-state index in [1.165, 1.54) is 31.7 Å². The maximum Gasteiger partial charge on any atom is 0.127 e. The van der Waals surface area contributed by atoms with Gasteiger partial charge in [-0.1, -0.05) is 11.6 Å². The molecular formula is C16H22ClFN2. The lowest BCUT2D eigenvalue weighted by Gasteiger charge is -2.45. The van der Waals surface area contributed by atoms with E-state index in [0.29, 0.717) is 17.0 Å². The molecule has 1 atom stereocenters. The number of nitrogens with zero attached hydrogens (tertiary/aromatic N) is 1. The Morgan fingerprint density at radius 1 is 1.30 bits per heavy atom. The van der Waals surface area contributed by atoms with E-state index in [2.05, 4.69) is 10.2 Å². The summed E-state index contributed by atoms with van der Waals surface area (Å²) in [6, 6.07) is 4.85. The van der Waals surface area contributed by atoms with Gasteiger partial charge in [0, 0.05) is 30.2 Å². The van der Waals surface area contributed by atoms with Crippen molar-refractivity contribution < 1.29 is 4.39 Å². The Morgan fingerprint density at radius 3 is 2.95 bits per heavy atom. The van der Waals surface area contributed by atoms with Gasteiger partial charge in [-0.3, -0.25) is 4.90 Å². The number of nitrogens with one attached hydrogen (secondary N) is 1. The topological polar surface area (TPSA) is 15.3 Å². The van der Waals surface area contributed by atoms with Gasteiger partial charge < -0.3 is 5.32 Å². The number of piperidine rings is 2. The highest BCUT2D eigenvalue weighted by molar-refractivity contribution is 6.30. The fourth-order valence-corrected chi connectivity index (χ4v) is 3.92. The van der Waals surface area contributed by atoms with Gasteiger partial charge in [0.2, 0.25) is 0 Å². The van der Waals surface area contributed by atoms with E-state index < -0.39 is 0 Å². The molecule has 2 nitrogen and oxygen atoms in total. The molecule has 4 heteroatoms. The molecule has 2 saturated heterocycles. The highest BCUT2D eigenvalue weighted by Crippen LogP contribution is 2.36. The van der Waals surface area contributed by atoms with E-state index in [-0.39, 0.29) is 5.82 Å². The quantitative estimate of drug-likeness (QED) is 0.899. The van der Waals surface area contributed by atoms with Crippen LogP contribution in [0.3, 0.4) is 0 Å². The van der Waals surface area contributed by atoms with Crippen LogP contribution in [0.4, 0.5) is 4.39 Å². The van der Waals surface area contributed by atoms with Crippen molar-refractivity contribution in [1.29, 1.82) is 0 Å². The molecule has 1 spiro atoms. The van der Waals surface area contributed by atoms with Crippen molar-refractivity contribution >= 4 is 11.6 Å². The third kappa shape index (κ3) is 3.16. The first kappa shape index (κ1) is 14.3. The zero-order valence-electron chi connectivity index (χ0n) is 11.8. The fourth-order valence-electron chi connectivity index (χ4n) is 3.73. The van der Waals surface area contributed by atoms with Crippen molar-refractivity contribution in [3.63, 3.8) is 0 Å².